The molecule has 0 bridgehead atoms. The minimum absolute atomic E-state index is 0.103. The number of hydrogen-bond acceptors (Lipinski definition) is 5. The number of carbonyl (C=O) groups excluding carboxylic acids is 1. The first-order valence-electron chi connectivity index (χ1n) is 6.77. The van der Waals surface area contributed by atoms with Crippen LogP contribution in [0.15, 0.2) is 57.0 Å². The maximum absolute atomic E-state index is 12.0. The molecule has 23 heavy (non-hydrogen) atoms. The predicted molar refractivity (Wildman–Crippen MR) is 96.6 cm³/mol. The normalized spacial score (nSPS) is 10.9. The quantitative estimate of drug-likeness (QED) is 0.650. The topological polar surface area (TPSA) is 55.1 Å². The third kappa shape index (κ3) is 4.22. The highest BCUT2D eigenvalue weighted by atomic mass is 35.5. The van der Waals surface area contributed by atoms with E-state index in [1.54, 1.807) is 30.0 Å². The van der Waals surface area contributed by atoms with Crippen LogP contribution in [-0.2, 0) is 4.79 Å². The molecule has 0 atom stereocenters. The van der Waals surface area contributed by atoms with Gasteiger partial charge in [0.05, 0.1) is 5.75 Å². The molecule has 3 aromatic rings. The van der Waals surface area contributed by atoms with Crippen molar-refractivity contribution >= 4 is 57.8 Å². The molecule has 3 rings (SSSR count). The zero-order chi connectivity index (χ0) is 16.2. The van der Waals surface area contributed by atoms with Gasteiger partial charge in [0.1, 0.15) is 5.52 Å². The summed E-state index contributed by atoms with van der Waals surface area (Å²) in [7, 11) is 0. The number of nitrogens with one attached hydrogen (secondary N) is 1. The van der Waals surface area contributed by atoms with Gasteiger partial charge in [-0.25, -0.2) is 4.98 Å². The molecule has 0 aliphatic carbocycles. The minimum Gasteiger partial charge on any atom is -0.431 e. The van der Waals surface area contributed by atoms with E-state index < -0.39 is 0 Å². The highest BCUT2D eigenvalue weighted by Crippen LogP contribution is 2.26. The Bertz CT molecular complexity index is 851. The highest BCUT2D eigenvalue weighted by molar-refractivity contribution is 7.99. The molecule has 1 aromatic heterocycles. The van der Waals surface area contributed by atoms with Gasteiger partial charge in [-0.15, -0.1) is 11.8 Å². The van der Waals surface area contributed by atoms with Crippen molar-refractivity contribution in [2.75, 3.05) is 17.3 Å². The minimum atomic E-state index is -0.103. The fourth-order valence-electron chi connectivity index (χ4n) is 1.97. The predicted octanol–water partition coefficient (Wildman–Crippen LogP) is 4.93. The number of fused-ring (bicyclic) bond motifs is 1. The van der Waals surface area contributed by atoms with Gasteiger partial charge in [-0.2, -0.15) is 0 Å². The summed E-state index contributed by atoms with van der Waals surface area (Å²) in [6.45, 7) is 0. The number of amides is 1. The van der Waals surface area contributed by atoms with Crippen LogP contribution in [0, 0.1) is 0 Å². The number of thioether (sulfide) groups is 2. The van der Waals surface area contributed by atoms with Gasteiger partial charge in [-0.05, 0) is 42.7 Å². The van der Waals surface area contributed by atoms with Crippen LogP contribution in [0.25, 0.3) is 11.1 Å². The lowest BCUT2D eigenvalue weighted by Crippen LogP contribution is -2.13. The Morgan fingerprint density at radius 2 is 2.17 bits per heavy atom. The molecule has 0 aliphatic heterocycles. The van der Waals surface area contributed by atoms with Crippen molar-refractivity contribution in [3.8, 4) is 0 Å². The summed E-state index contributed by atoms with van der Waals surface area (Å²) in [5.41, 5.74) is 2.13. The number of aromatic nitrogens is 1. The van der Waals surface area contributed by atoms with Crippen molar-refractivity contribution < 1.29 is 9.21 Å². The maximum atomic E-state index is 12.0. The average Bonchev–Trinajstić information content (AvgIpc) is 2.95. The number of nitrogens with zero attached hydrogens (tertiary/aromatic N) is 1. The van der Waals surface area contributed by atoms with Crippen LogP contribution in [-0.4, -0.2) is 22.9 Å². The van der Waals surface area contributed by atoms with Crippen LogP contribution in [0.3, 0.4) is 0 Å². The molecule has 4 nitrogen and oxygen atoms in total. The molecule has 0 unspecified atom stereocenters. The second-order valence-corrected chi connectivity index (χ2v) is 6.90. The first kappa shape index (κ1) is 16.2. The van der Waals surface area contributed by atoms with Crippen LogP contribution in [0.1, 0.15) is 0 Å². The number of hydrogen-bond donors (Lipinski definition) is 1. The Hall–Kier alpha value is -1.63. The number of halogens is 1. The Labute approximate surface area is 147 Å². The van der Waals surface area contributed by atoms with E-state index in [-0.39, 0.29) is 11.7 Å². The third-order valence-electron chi connectivity index (χ3n) is 3.01. The highest BCUT2D eigenvalue weighted by Gasteiger charge is 2.10. The molecule has 1 amide bonds. The molecule has 0 fully saturated rings. The van der Waals surface area contributed by atoms with Gasteiger partial charge in [0.15, 0.2) is 5.58 Å². The monoisotopic (exact) mass is 364 g/mol. The van der Waals surface area contributed by atoms with E-state index >= 15 is 0 Å². The zero-order valence-electron chi connectivity index (χ0n) is 12.2. The summed E-state index contributed by atoms with van der Waals surface area (Å²) >= 11 is 8.80. The standard InChI is InChI=1S/C16H13ClN2O2S2/c1-22-12-4-2-3-11(8-12)18-15(20)9-23-16-19-13-7-10(17)5-6-14(13)21-16/h2-8H,9H2,1H3,(H,18,20). The van der Waals surface area contributed by atoms with Crippen LogP contribution < -0.4 is 5.32 Å². The van der Waals surface area contributed by atoms with Gasteiger partial charge >= 0.3 is 0 Å². The van der Waals surface area contributed by atoms with Crippen LogP contribution >= 0.6 is 35.1 Å². The van der Waals surface area contributed by atoms with Gasteiger partial charge in [0.2, 0.25) is 5.91 Å². The number of benzene rings is 2. The van der Waals surface area contributed by atoms with E-state index in [1.165, 1.54) is 11.8 Å². The van der Waals surface area contributed by atoms with E-state index in [2.05, 4.69) is 10.3 Å². The average molecular weight is 365 g/mol. The molecular formula is C16H13ClN2O2S2. The van der Waals surface area contributed by atoms with Crippen molar-refractivity contribution in [3.63, 3.8) is 0 Å². The summed E-state index contributed by atoms with van der Waals surface area (Å²) in [5, 5.41) is 3.93. The Kier molecular flexibility index (Phi) is 5.15. The SMILES string of the molecule is CSc1cccc(NC(=O)CSc2nc3cc(Cl)ccc3o2)c1. The van der Waals surface area contributed by atoms with E-state index in [0.29, 0.717) is 21.3 Å². The Balaban J connectivity index is 1.61. The molecule has 7 heteroatoms. The van der Waals surface area contributed by atoms with Crippen molar-refractivity contribution in [2.24, 2.45) is 0 Å². The largest absolute Gasteiger partial charge is 0.431 e. The van der Waals surface area contributed by atoms with Crippen molar-refractivity contribution in [3.05, 3.63) is 47.5 Å². The molecular weight excluding hydrogens is 352 g/mol. The lowest BCUT2D eigenvalue weighted by atomic mass is 10.3. The molecule has 0 aliphatic rings. The number of oxazole rings is 1. The molecule has 0 radical (unpaired) electrons. The fourth-order valence-corrected chi connectivity index (χ4v) is 3.23. The lowest BCUT2D eigenvalue weighted by Gasteiger charge is -2.05. The summed E-state index contributed by atoms with van der Waals surface area (Å²) in [6.07, 6.45) is 2.00. The van der Waals surface area contributed by atoms with Gasteiger partial charge in [0.25, 0.3) is 5.22 Å². The van der Waals surface area contributed by atoms with Crippen LogP contribution in [0.4, 0.5) is 5.69 Å². The van der Waals surface area contributed by atoms with E-state index in [1.807, 2.05) is 30.5 Å². The van der Waals surface area contributed by atoms with Crippen molar-refractivity contribution in [1.82, 2.24) is 4.98 Å². The number of rotatable bonds is 5. The molecule has 2 aromatic carbocycles. The van der Waals surface area contributed by atoms with Gasteiger partial charge in [-0.1, -0.05) is 29.4 Å². The van der Waals surface area contributed by atoms with Gasteiger partial charge < -0.3 is 9.73 Å². The molecule has 0 spiro atoms. The third-order valence-corrected chi connectivity index (χ3v) is 4.80. The second-order valence-electron chi connectivity index (χ2n) is 4.66. The Morgan fingerprint density at radius 1 is 1.30 bits per heavy atom. The van der Waals surface area contributed by atoms with E-state index in [0.717, 1.165) is 10.6 Å². The summed E-state index contributed by atoms with van der Waals surface area (Å²) < 4.78 is 5.57. The summed E-state index contributed by atoms with van der Waals surface area (Å²) in [6, 6.07) is 13.0. The van der Waals surface area contributed by atoms with E-state index in [4.69, 9.17) is 16.0 Å². The maximum Gasteiger partial charge on any atom is 0.257 e. The van der Waals surface area contributed by atoms with Crippen molar-refractivity contribution in [1.29, 1.82) is 0 Å². The molecule has 0 saturated heterocycles. The van der Waals surface area contributed by atoms with Gasteiger partial charge in [0, 0.05) is 15.6 Å². The van der Waals surface area contributed by atoms with Gasteiger partial charge in [-0.3, -0.25) is 4.79 Å². The van der Waals surface area contributed by atoms with Crippen LogP contribution in [0.5, 0.6) is 0 Å². The lowest BCUT2D eigenvalue weighted by molar-refractivity contribution is -0.113. The van der Waals surface area contributed by atoms with Crippen LogP contribution in [0.2, 0.25) is 5.02 Å². The molecule has 1 N–H and O–H groups in total. The fraction of sp³-hybridized carbons (Fsp3) is 0.125. The summed E-state index contributed by atoms with van der Waals surface area (Å²) in [5.74, 6) is 0.123. The molecule has 118 valence electrons. The molecule has 0 saturated carbocycles. The van der Waals surface area contributed by atoms with Crippen molar-refractivity contribution in [2.45, 2.75) is 10.1 Å². The second kappa shape index (κ2) is 7.29. The first-order valence-corrected chi connectivity index (χ1v) is 9.36. The Morgan fingerprint density at radius 3 is 3.00 bits per heavy atom. The first-order chi connectivity index (χ1) is 11.1. The number of anilines is 1. The summed E-state index contributed by atoms with van der Waals surface area (Å²) in [4.78, 5) is 17.4. The molecule has 1 heterocycles. The smallest absolute Gasteiger partial charge is 0.257 e. The number of carbonyl (C=O) groups is 1. The van der Waals surface area contributed by atoms with E-state index in [9.17, 15) is 4.79 Å². The zero-order valence-corrected chi connectivity index (χ0v) is 14.6.